The molecule has 0 bridgehead atoms. The van der Waals surface area contributed by atoms with Crippen LogP contribution in [0.1, 0.15) is 26.5 Å². The second-order valence-electron chi connectivity index (χ2n) is 3.91. The van der Waals surface area contributed by atoms with Crippen molar-refractivity contribution in [3.63, 3.8) is 0 Å². The summed E-state index contributed by atoms with van der Waals surface area (Å²) in [5, 5.41) is 11.9. The minimum absolute atomic E-state index is 0.441. The average Bonchev–Trinajstić information content (AvgIpc) is 2.28. The molecule has 0 amide bonds. The van der Waals surface area contributed by atoms with Crippen LogP contribution in [0, 0.1) is 11.3 Å². The first-order valence-corrected chi connectivity index (χ1v) is 5.36. The molecule has 4 nitrogen and oxygen atoms in total. The molecule has 16 heavy (non-hydrogen) atoms. The van der Waals surface area contributed by atoms with Gasteiger partial charge in [0.1, 0.15) is 11.8 Å². The quantitative estimate of drug-likeness (QED) is 0.821. The maximum atomic E-state index is 8.59. The summed E-state index contributed by atoms with van der Waals surface area (Å²) in [6.45, 7) is 6.62. The van der Waals surface area contributed by atoms with E-state index in [2.05, 4.69) is 24.1 Å². The highest BCUT2D eigenvalue weighted by molar-refractivity contribution is 5.20. The highest BCUT2D eigenvalue weighted by Gasteiger charge is 2.02. The first-order valence-electron chi connectivity index (χ1n) is 5.36. The zero-order valence-corrected chi connectivity index (χ0v) is 9.90. The van der Waals surface area contributed by atoms with Crippen LogP contribution in [-0.2, 0) is 6.54 Å². The molecular weight excluding hydrogens is 202 g/mol. The summed E-state index contributed by atoms with van der Waals surface area (Å²) in [5.74, 6) is 0.627. The van der Waals surface area contributed by atoms with E-state index in [0.717, 1.165) is 12.2 Å². The standard InChI is InChI=1S/C12H17N3O/c1-9(2)14-7-11-4-5-12(8-15-11)16-10(3)6-13/h4-5,8-10,14H,7H2,1-3H3. The Morgan fingerprint density at radius 2 is 2.19 bits per heavy atom. The van der Waals surface area contributed by atoms with Crippen molar-refractivity contribution in [3.8, 4) is 11.8 Å². The van der Waals surface area contributed by atoms with Crippen LogP contribution in [-0.4, -0.2) is 17.1 Å². The zero-order valence-electron chi connectivity index (χ0n) is 9.90. The van der Waals surface area contributed by atoms with Gasteiger partial charge in [0.2, 0.25) is 0 Å². The topological polar surface area (TPSA) is 57.9 Å². The lowest BCUT2D eigenvalue weighted by Gasteiger charge is -2.09. The normalized spacial score (nSPS) is 12.2. The van der Waals surface area contributed by atoms with Crippen LogP contribution >= 0.6 is 0 Å². The van der Waals surface area contributed by atoms with Gasteiger partial charge in [-0.15, -0.1) is 0 Å². The Kier molecular flexibility index (Phi) is 4.74. The molecular formula is C12H17N3O. The lowest BCUT2D eigenvalue weighted by molar-refractivity contribution is 0.275. The van der Waals surface area contributed by atoms with E-state index in [-0.39, 0.29) is 0 Å². The Morgan fingerprint density at radius 1 is 1.44 bits per heavy atom. The van der Waals surface area contributed by atoms with Gasteiger partial charge in [-0.05, 0) is 19.1 Å². The first kappa shape index (κ1) is 12.5. The molecule has 0 aliphatic heterocycles. The zero-order chi connectivity index (χ0) is 12.0. The lowest BCUT2D eigenvalue weighted by Crippen LogP contribution is -2.22. The molecule has 4 heteroatoms. The van der Waals surface area contributed by atoms with Crippen molar-refractivity contribution in [1.29, 1.82) is 5.26 Å². The number of nitrogens with one attached hydrogen (secondary N) is 1. The summed E-state index contributed by atoms with van der Waals surface area (Å²) in [5.41, 5.74) is 0.964. The Balaban J connectivity index is 2.51. The molecule has 0 aliphatic carbocycles. The molecule has 1 aromatic rings. The molecule has 0 aromatic carbocycles. The van der Waals surface area contributed by atoms with Gasteiger partial charge in [0.05, 0.1) is 11.9 Å². The van der Waals surface area contributed by atoms with Gasteiger partial charge in [-0.2, -0.15) is 5.26 Å². The molecule has 0 aliphatic rings. The van der Waals surface area contributed by atoms with Crippen LogP contribution in [0.2, 0.25) is 0 Å². The number of nitriles is 1. The van der Waals surface area contributed by atoms with Crippen LogP contribution < -0.4 is 10.1 Å². The van der Waals surface area contributed by atoms with Crippen LogP contribution in [0.5, 0.6) is 5.75 Å². The van der Waals surface area contributed by atoms with E-state index in [0.29, 0.717) is 11.8 Å². The fourth-order valence-electron chi connectivity index (χ4n) is 1.12. The second-order valence-corrected chi connectivity index (χ2v) is 3.91. The minimum atomic E-state index is -0.443. The molecule has 86 valence electrons. The van der Waals surface area contributed by atoms with Crippen LogP contribution in [0.3, 0.4) is 0 Å². The number of hydrogen-bond acceptors (Lipinski definition) is 4. The highest BCUT2D eigenvalue weighted by atomic mass is 16.5. The van der Waals surface area contributed by atoms with Gasteiger partial charge < -0.3 is 10.1 Å². The Labute approximate surface area is 96.3 Å². The number of ether oxygens (including phenoxy) is 1. The number of pyridine rings is 1. The molecule has 0 saturated heterocycles. The van der Waals surface area contributed by atoms with E-state index in [4.69, 9.17) is 10.00 Å². The van der Waals surface area contributed by atoms with Crippen molar-refractivity contribution < 1.29 is 4.74 Å². The predicted octanol–water partition coefficient (Wildman–Crippen LogP) is 1.87. The van der Waals surface area contributed by atoms with E-state index in [1.807, 2.05) is 18.2 Å². The fraction of sp³-hybridized carbons (Fsp3) is 0.500. The van der Waals surface area contributed by atoms with Gasteiger partial charge in [0.25, 0.3) is 0 Å². The third-order valence-electron chi connectivity index (χ3n) is 1.98. The summed E-state index contributed by atoms with van der Waals surface area (Å²) in [7, 11) is 0. The smallest absolute Gasteiger partial charge is 0.181 e. The summed E-state index contributed by atoms with van der Waals surface area (Å²) < 4.78 is 5.30. The largest absolute Gasteiger partial charge is 0.474 e. The molecule has 1 atom stereocenters. The van der Waals surface area contributed by atoms with Gasteiger partial charge in [-0.1, -0.05) is 13.8 Å². The van der Waals surface area contributed by atoms with E-state index in [1.54, 1.807) is 13.1 Å². The van der Waals surface area contributed by atoms with Crippen molar-refractivity contribution in [1.82, 2.24) is 10.3 Å². The number of nitrogens with zero attached hydrogens (tertiary/aromatic N) is 2. The lowest BCUT2D eigenvalue weighted by atomic mass is 10.3. The van der Waals surface area contributed by atoms with Gasteiger partial charge in [-0.3, -0.25) is 4.98 Å². The van der Waals surface area contributed by atoms with Crippen molar-refractivity contribution in [2.45, 2.75) is 39.5 Å². The molecule has 1 rings (SSSR count). The minimum Gasteiger partial charge on any atom is -0.474 e. The monoisotopic (exact) mass is 219 g/mol. The van der Waals surface area contributed by atoms with Crippen molar-refractivity contribution in [2.24, 2.45) is 0 Å². The molecule has 0 spiro atoms. The Bertz CT molecular complexity index is 354. The third kappa shape index (κ3) is 4.28. The molecule has 1 aromatic heterocycles. The number of rotatable bonds is 5. The van der Waals surface area contributed by atoms with E-state index in [9.17, 15) is 0 Å². The van der Waals surface area contributed by atoms with Gasteiger partial charge in [0.15, 0.2) is 6.10 Å². The molecule has 1 unspecified atom stereocenters. The fourth-order valence-corrected chi connectivity index (χ4v) is 1.12. The molecule has 0 saturated carbocycles. The SMILES string of the molecule is CC(C)NCc1ccc(OC(C)C#N)cn1. The van der Waals surface area contributed by atoms with Crippen LogP contribution in [0.15, 0.2) is 18.3 Å². The summed E-state index contributed by atoms with van der Waals surface area (Å²) in [4.78, 5) is 4.24. The van der Waals surface area contributed by atoms with Crippen molar-refractivity contribution >= 4 is 0 Å². The highest BCUT2D eigenvalue weighted by Crippen LogP contribution is 2.10. The Morgan fingerprint density at radius 3 is 2.69 bits per heavy atom. The second kappa shape index (κ2) is 6.09. The van der Waals surface area contributed by atoms with Crippen molar-refractivity contribution in [2.75, 3.05) is 0 Å². The van der Waals surface area contributed by atoms with E-state index in [1.165, 1.54) is 0 Å². The Hall–Kier alpha value is -1.60. The van der Waals surface area contributed by atoms with Gasteiger partial charge in [0, 0.05) is 12.6 Å². The number of hydrogen-bond donors (Lipinski definition) is 1. The maximum absolute atomic E-state index is 8.59. The van der Waals surface area contributed by atoms with E-state index >= 15 is 0 Å². The van der Waals surface area contributed by atoms with Gasteiger partial charge >= 0.3 is 0 Å². The summed E-state index contributed by atoms with van der Waals surface area (Å²) in [6, 6.07) is 6.18. The van der Waals surface area contributed by atoms with Gasteiger partial charge in [-0.25, -0.2) is 0 Å². The summed E-state index contributed by atoms with van der Waals surface area (Å²) >= 11 is 0. The third-order valence-corrected chi connectivity index (χ3v) is 1.98. The van der Waals surface area contributed by atoms with Crippen LogP contribution in [0.25, 0.3) is 0 Å². The molecule has 0 radical (unpaired) electrons. The molecule has 1 heterocycles. The van der Waals surface area contributed by atoms with Crippen LogP contribution in [0.4, 0.5) is 0 Å². The summed E-state index contributed by atoms with van der Waals surface area (Å²) in [6.07, 6.45) is 1.20. The predicted molar refractivity (Wildman–Crippen MR) is 61.9 cm³/mol. The van der Waals surface area contributed by atoms with E-state index < -0.39 is 6.10 Å². The average molecular weight is 219 g/mol. The maximum Gasteiger partial charge on any atom is 0.181 e. The molecule has 1 N–H and O–H groups in total. The van der Waals surface area contributed by atoms with Crippen molar-refractivity contribution in [3.05, 3.63) is 24.0 Å². The first-order chi connectivity index (χ1) is 7.61. The molecule has 0 fully saturated rings. The number of aromatic nitrogens is 1.